The summed E-state index contributed by atoms with van der Waals surface area (Å²) < 4.78 is 5.58. The molecule has 0 heterocycles. The van der Waals surface area contributed by atoms with E-state index in [2.05, 4.69) is 0 Å². The predicted molar refractivity (Wildman–Crippen MR) is 95.7 cm³/mol. The lowest BCUT2D eigenvalue weighted by molar-refractivity contribution is 0.0371. The zero-order valence-electron chi connectivity index (χ0n) is 15.0. The maximum absolute atomic E-state index is 12.7. The van der Waals surface area contributed by atoms with Crippen molar-refractivity contribution >= 4 is 6.09 Å². The number of nitrogens with zero attached hydrogens (tertiary/aromatic N) is 1. The fraction of sp³-hybridized carbons (Fsp3) is 0.650. The number of hydrogen-bond donors (Lipinski definition) is 1. The van der Waals surface area contributed by atoms with Crippen molar-refractivity contribution in [3.63, 3.8) is 0 Å². The SMILES string of the molecule is CC(C)N(C(=O)OCc1ccccc1)C(CCO)C1CCCCC1. The average Bonchev–Trinajstić information content (AvgIpc) is 2.61. The lowest BCUT2D eigenvalue weighted by Gasteiger charge is -2.40. The molecule has 1 aliphatic rings. The molecule has 1 fully saturated rings. The summed E-state index contributed by atoms with van der Waals surface area (Å²) in [5.74, 6) is 0.470. The number of amides is 1. The summed E-state index contributed by atoms with van der Waals surface area (Å²) in [4.78, 5) is 14.6. The van der Waals surface area contributed by atoms with Crippen LogP contribution in [0.5, 0.6) is 0 Å². The van der Waals surface area contributed by atoms with E-state index in [0.717, 1.165) is 18.4 Å². The molecule has 4 heteroatoms. The smallest absolute Gasteiger partial charge is 0.410 e. The Morgan fingerprint density at radius 3 is 2.46 bits per heavy atom. The topological polar surface area (TPSA) is 49.8 Å². The van der Waals surface area contributed by atoms with Gasteiger partial charge in [0.1, 0.15) is 6.61 Å². The standard InChI is InChI=1S/C20H31NO3/c1-16(2)21(19(13-14-22)18-11-7-4-8-12-18)20(23)24-15-17-9-5-3-6-10-17/h3,5-6,9-10,16,18-19,22H,4,7-8,11-15H2,1-2H3. The first-order valence-electron chi connectivity index (χ1n) is 9.23. The Balaban J connectivity index is 2.04. The van der Waals surface area contributed by atoms with Gasteiger partial charge in [0, 0.05) is 18.7 Å². The van der Waals surface area contributed by atoms with Crippen LogP contribution in [0, 0.1) is 5.92 Å². The molecular weight excluding hydrogens is 302 g/mol. The van der Waals surface area contributed by atoms with Crippen molar-refractivity contribution < 1.29 is 14.6 Å². The van der Waals surface area contributed by atoms with Crippen molar-refractivity contribution in [1.29, 1.82) is 0 Å². The van der Waals surface area contributed by atoms with Crippen molar-refractivity contribution in [2.24, 2.45) is 5.92 Å². The van der Waals surface area contributed by atoms with Gasteiger partial charge in [-0.05, 0) is 44.6 Å². The minimum Gasteiger partial charge on any atom is -0.445 e. The molecule has 4 nitrogen and oxygen atoms in total. The van der Waals surface area contributed by atoms with Crippen LogP contribution >= 0.6 is 0 Å². The molecule has 1 saturated carbocycles. The quantitative estimate of drug-likeness (QED) is 0.806. The molecule has 134 valence electrons. The first-order valence-corrected chi connectivity index (χ1v) is 9.23. The minimum atomic E-state index is -0.266. The third-order valence-corrected chi connectivity index (χ3v) is 4.95. The zero-order chi connectivity index (χ0) is 17.4. The van der Waals surface area contributed by atoms with E-state index in [1.807, 2.05) is 49.1 Å². The molecule has 0 aliphatic heterocycles. The van der Waals surface area contributed by atoms with Gasteiger partial charge < -0.3 is 14.7 Å². The number of carbonyl (C=O) groups excluding carboxylic acids is 1. The highest BCUT2D eigenvalue weighted by Gasteiger charge is 2.33. The summed E-state index contributed by atoms with van der Waals surface area (Å²) in [6, 6.07) is 9.88. The number of carbonyl (C=O) groups is 1. The van der Waals surface area contributed by atoms with E-state index in [4.69, 9.17) is 4.74 Å². The summed E-state index contributed by atoms with van der Waals surface area (Å²) in [7, 11) is 0. The van der Waals surface area contributed by atoms with E-state index < -0.39 is 0 Å². The van der Waals surface area contributed by atoms with Crippen LogP contribution < -0.4 is 0 Å². The number of ether oxygens (including phenoxy) is 1. The zero-order valence-corrected chi connectivity index (χ0v) is 15.0. The molecule has 2 rings (SSSR count). The maximum Gasteiger partial charge on any atom is 0.410 e. The highest BCUT2D eigenvalue weighted by Crippen LogP contribution is 2.32. The van der Waals surface area contributed by atoms with E-state index in [1.54, 1.807) is 0 Å². The van der Waals surface area contributed by atoms with Gasteiger partial charge in [-0.1, -0.05) is 49.6 Å². The van der Waals surface area contributed by atoms with Gasteiger partial charge in [-0.3, -0.25) is 0 Å². The molecule has 1 unspecified atom stereocenters. The van der Waals surface area contributed by atoms with Gasteiger partial charge in [-0.15, -0.1) is 0 Å². The first kappa shape index (κ1) is 18.8. The van der Waals surface area contributed by atoms with Gasteiger partial charge >= 0.3 is 6.09 Å². The van der Waals surface area contributed by atoms with Crippen LogP contribution in [-0.2, 0) is 11.3 Å². The predicted octanol–water partition coefficient (Wildman–Crippen LogP) is 4.36. The maximum atomic E-state index is 12.7. The third-order valence-electron chi connectivity index (χ3n) is 4.95. The van der Waals surface area contributed by atoms with Crippen molar-refractivity contribution in [2.45, 2.75) is 71.1 Å². The minimum absolute atomic E-state index is 0.0618. The molecular formula is C20H31NO3. The third kappa shape index (κ3) is 5.23. The summed E-state index contributed by atoms with van der Waals surface area (Å²) in [5.41, 5.74) is 0.992. The van der Waals surface area contributed by atoms with Crippen LogP contribution in [0.4, 0.5) is 4.79 Å². The van der Waals surface area contributed by atoms with Crippen molar-refractivity contribution in [1.82, 2.24) is 4.90 Å². The number of aliphatic hydroxyl groups is 1. The molecule has 24 heavy (non-hydrogen) atoms. The second-order valence-corrected chi connectivity index (χ2v) is 7.02. The monoisotopic (exact) mass is 333 g/mol. The Hall–Kier alpha value is -1.55. The molecule has 1 N–H and O–H groups in total. The Kier molecular flexibility index (Phi) is 7.57. The van der Waals surface area contributed by atoms with Crippen molar-refractivity contribution in [2.75, 3.05) is 6.61 Å². The largest absolute Gasteiger partial charge is 0.445 e. The summed E-state index contributed by atoms with van der Waals surface area (Å²) in [5, 5.41) is 9.51. The first-order chi connectivity index (χ1) is 11.6. The average molecular weight is 333 g/mol. The van der Waals surface area contributed by atoms with Gasteiger partial charge in [0.05, 0.1) is 0 Å². The van der Waals surface area contributed by atoms with Gasteiger partial charge in [0.25, 0.3) is 0 Å². The van der Waals surface area contributed by atoms with Crippen molar-refractivity contribution in [3.05, 3.63) is 35.9 Å². The normalized spacial score (nSPS) is 16.8. The highest BCUT2D eigenvalue weighted by molar-refractivity contribution is 5.68. The van der Waals surface area contributed by atoms with Gasteiger partial charge in [-0.25, -0.2) is 4.79 Å². The molecule has 0 aromatic heterocycles. The fourth-order valence-corrected chi connectivity index (χ4v) is 3.78. The van der Waals surface area contributed by atoms with Gasteiger partial charge in [-0.2, -0.15) is 0 Å². The van der Waals surface area contributed by atoms with E-state index in [0.29, 0.717) is 18.9 Å². The fourth-order valence-electron chi connectivity index (χ4n) is 3.78. The Morgan fingerprint density at radius 1 is 1.21 bits per heavy atom. The van der Waals surface area contributed by atoms with Gasteiger partial charge in [0.15, 0.2) is 0 Å². The van der Waals surface area contributed by atoms with Crippen LogP contribution in [0.15, 0.2) is 30.3 Å². The number of benzene rings is 1. The van der Waals surface area contributed by atoms with E-state index in [1.165, 1.54) is 19.3 Å². The molecule has 0 saturated heterocycles. The summed E-state index contributed by atoms with van der Waals surface area (Å²) in [6.45, 7) is 4.45. The van der Waals surface area contributed by atoms with E-state index in [9.17, 15) is 9.90 Å². The van der Waals surface area contributed by atoms with E-state index >= 15 is 0 Å². The van der Waals surface area contributed by atoms with Crippen LogP contribution in [0.25, 0.3) is 0 Å². The molecule has 1 aromatic rings. The Morgan fingerprint density at radius 2 is 1.88 bits per heavy atom. The summed E-state index contributed by atoms with van der Waals surface area (Å²) in [6.07, 6.45) is 6.36. The Bertz CT molecular complexity index is 483. The number of aliphatic hydroxyl groups excluding tert-OH is 1. The van der Waals surface area contributed by atoms with Gasteiger partial charge in [0.2, 0.25) is 0 Å². The van der Waals surface area contributed by atoms with Crippen LogP contribution in [0.2, 0.25) is 0 Å². The molecule has 1 aliphatic carbocycles. The Labute approximate surface area is 145 Å². The van der Waals surface area contributed by atoms with Crippen LogP contribution in [-0.4, -0.2) is 34.8 Å². The highest BCUT2D eigenvalue weighted by atomic mass is 16.6. The lowest BCUT2D eigenvalue weighted by Crippen LogP contribution is -2.49. The second-order valence-electron chi connectivity index (χ2n) is 7.02. The van der Waals surface area contributed by atoms with Crippen LogP contribution in [0.1, 0.15) is 57.9 Å². The number of hydrogen-bond acceptors (Lipinski definition) is 3. The molecule has 0 spiro atoms. The second kappa shape index (κ2) is 9.67. The molecule has 0 radical (unpaired) electrons. The molecule has 1 atom stereocenters. The van der Waals surface area contributed by atoms with Crippen molar-refractivity contribution in [3.8, 4) is 0 Å². The summed E-state index contributed by atoms with van der Waals surface area (Å²) >= 11 is 0. The van der Waals surface area contributed by atoms with Crippen LogP contribution in [0.3, 0.4) is 0 Å². The molecule has 1 aromatic carbocycles. The molecule has 0 bridgehead atoms. The molecule has 1 amide bonds. The van der Waals surface area contributed by atoms with E-state index in [-0.39, 0.29) is 24.8 Å². The lowest BCUT2D eigenvalue weighted by atomic mass is 9.81. The number of rotatable bonds is 7.